The van der Waals surface area contributed by atoms with Crippen LogP contribution in [0.5, 0.6) is 0 Å². The maximum atomic E-state index is 5.24. The normalized spacial score (nSPS) is 11.6. The van der Waals surface area contributed by atoms with Gasteiger partial charge in [-0.3, -0.25) is 4.57 Å². The Labute approximate surface area is 331 Å². The lowest BCUT2D eigenvalue weighted by Gasteiger charge is -2.12. The number of nitrogens with zero attached hydrogens (tertiary/aromatic N) is 5. The second-order valence-corrected chi connectivity index (χ2v) is 14.2. The number of hydrogen-bond acceptors (Lipinski definition) is 3. The Kier molecular flexibility index (Phi) is 8.46. The number of rotatable bonds is 8. The Morgan fingerprint density at radius 2 is 0.982 bits per heavy atom. The van der Waals surface area contributed by atoms with Crippen LogP contribution < -0.4 is 0 Å². The fourth-order valence-electron chi connectivity index (χ4n) is 8.10. The molecule has 57 heavy (non-hydrogen) atoms. The van der Waals surface area contributed by atoms with Crippen LogP contribution in [0.3, 0.4) is 0 Å². The van der Waals surface area contributed by atoms with Gasteiger partial charge < -0.3 is 4.57 Å². The molecule has 3 heterocycles. The molecule has 0 N–H and O–H groups in total. The second kappa shape index (κ2) is 14.2. The van der Waals surface area contributed by atoms with Gasteiger partial charge in [-0.2, -0.15) is 9.97 Å². The number of aryl methyl sites for hydroxylation is 1. The highest BCUT2D eigenvalue weighted by Gasteiger charge is 2.23. The molecule has 3 aromatic heterocycles. The first-order valence-corrected chi connectivity index (χ1v) is 19.2. The largest absolute Gasteiger partial charge is 0.310 e. The predicted octanol–water partition coefficient (Wildman–Crippen LogP) is 13.1. The van der Waals surface area contributed by atoms with Crippen LogP contribution in [-0.4, -0.2) is 24.1 Å². The smallest absolute Gasteiger partial charge is 0.238 e. The molecule has 0 unspecified atom stereocenters. The minimum Gasteiger partial charge on any atom is -0.310 e. The van der Waals surface area contributed by atoms with Crippen LogP contribution in [0.25, 0.3) is 95.5 Å². The van der Waals surface area contributed by atoms with Gasteiger partial charge >= 0.3 is 0 Å². The Balaban J connectivity index is 1.22. The summed E-state index contributed by atoms with van der Waals surface area (Å²) in [6.07, 6.45) is 6.01. The van der Waals surface area contributed by atoms with E-state index in [0.29, 0.717) is 17.6 Å². The van der Waals surface area contributed by atoms with Gasteiger partial charge in [0.15, 0.2) is 11.6 Å². The van der Waals surface area contributed by atoms with Crippen molar-refractivity contribution in [1.29, 1.82) is 0 Å². The first-order valence-electron chi connectivity index (χ1n) is 19.2. The molecule has 5 heteroatoms. The summed E-state index contributed by atoms with van der Waals surface area (Å²) >= 11 is 0. The van der Waals surface area contributed by atoms with Crippen molar-refractivity contribution in [1.82, 2.24) is 24.1 Å². The van der Waals surface area contributed by atoms with Gasteiger partial charge in [-0.1, -0.05) is 164 Å². The van der Waals surface area contributed by atoms with E-state index in [9.17, 15) is 0 Å². The van der Waals surface area contributed by atoms with Crippen molar-refractivity contribution < 1.29 is 0 Å². The summed E-state index contributed by atoms with van der Waals surface area (Å²) < 4.78 is 4.57. The Bertz CT molecular complexity index is 3120. The third-order valence-electron chi connectivity index (χ3n) is 10.8. The van der Waals surface area contributed by atoms with E-state index in [1.165, 1.54) is 22.1 Å². The van der Waals surface area contributed by atoms with Crippen molar-refractivity contribution in [2.75, 3.05) is 0 Å². The number of fused-ring (bicyclic) bond motifs is 5. The lowest BCUT2D eigenvalue weighted by atomic mass is 10.0. The summed E-state index contributed by atoms with van der Waals surface area (Å²) in [7, 11) is 0. The molecule has 0 amide bonds. The molecular weight excluding hydrogens is 695 g/mol. The van der Waals surface area contributed by atoms with Gasteiger partial charge in [-0.05, 0) is 71.1 Å². The zero-order chi connectivity index (χ0) is 38.3. The highest BCUT2D eigenvalue weighted by molar-refractivity contribution is 6.22. The standard InChI is InChI=1S/C52H37N5/c1-3-4-26-44-35(2)48-46(56(44)42-24-16-23-41(34-42)37-19-10-6-11-20-37)32-33-47-49(48)43-25-14-15-27-45(43)57(47)52-54-50(39-21-12-7-13-22-39)53-51(55-52)40-30-28-38(29-31-40)36-17-8-5-9-18-36/h3-34H,1H2,2H3/b26-4-. The monoisotopic (exact) mass is 731 g/mol. The van der Waals surface area contributed by atoms with Crippen LogP contribution in [-0.2, 0) is 0 Å². The minimum absolute atomic E-state index is 0.566. The molecule has 10 aromatic rings. The van der Waals surface area contributed by atoms with Crippen molar-refractivity contribution in [2.45, 2.75) is 6.92 Å². The van der Waals surface area contributed by atoms with Gasteiger partial charge in [0, 0.05) is 38.7 Å². The van der Waals surface area contributed by atoms with E-state index < -0.39 is 0 Å². The van der Waals surface area contributed by atoms with E-state index in [1.54, 1.807) is 0 Å². The molecule has 0 spiro atoms. The van der Waals surface area contributed by atoms with Crippen LogP contribution in [0.4, 0.5) is 0 Å². The van der Waals surface area contributed by atoms with Crippen LogP contribution >= 0.6 is 0 Å². The number of aromatic nitrogens is 5. The highest BCUT2D eigenvalue weighted by Crippen LogP contribution is 2.42. The number of benzene rings is 7. The zero-order valence-corrected chi connectivity index (χ0v) is 31.4. The van der Waals surface area contributed by atoms with Gasteiger partial charge in [0.25, 0.3) is 0 Å². The van der Waals surface area contributed by atoms with Crippen LogP contribution in [0.15, 0.2) is 195 Å². The summed E-state index contributed by atoms with van der Waals surface area (Å²) in [6.45, 7) is 6.22. The van der Waals surface area contributed by atoms with E-state index in [2.05, 4.69) is 168 Å². The lowest BCUT2D eigenvalue weighted by molar-refractivity contribution is 0.953. The summed E-state index contributed by atoms with van der Waals surface area (Å²) in [6, 6.07) is 61.4. The molecule has 0 saturated heterocycles. The Morgan fingerprint density at radius 3 is 1.65 bits per heavy atom. The van der Waals surface area contributed by atoms with Gasteiger partial charge in [0.05, 0.1) is 16.6 Å². The topological polar surface area (TPSA) is 48.5 Å². The van der Waals surface area contributed by atoms with Gasteiger partial charge in [-0.15, -0.1) is 0 Å². The van der Waals surface area contributed by atoms with Crippen molar-refractivity contribution in [3.05, 3.63) is 206 Å². The minimum atomic E-state index is 0.566. The Hall–Kier alpha value is -7.63. The fraction of sp³-hybridized carbons (Fsp3) is 0.0192. The van der Waals surface area contributed by atoms with E-state index >= 15 is 0 Å². The average molecular weight is 732 g/mol. The number of hydrogen-bond donors (Lipinski definition) is 0. The summed E-state index contributed by atoms with van der Waals surface area (Å²) in [5.41, 5.74) is 13.0. The first-order chi connectivity index (χ1) is 28.2. The molecule has 270 valence electrons. The number of para-hydroxylation sites is 1. The third-order valence-corrected chi connectivity index (χ3v) is 10.8. The fourth-order valence-corrected chi connectivity index (χ4v) is 8.10. The van der Waals surface area contributed by atoms with Gasteiger partial charge in [0.2, 0.25) is 5.95 Å². The van der Waals surface area contributed by atoms with Crippen LogP contribution in [0, 0.1) is 6.92 Å². The molecule has 5 nitrogen and oxygen atoms in total. The Morgan fingerprint density at radius 1 is 0.456 bits per heavy atom. The average Bonchev–Trinajstić information content (AvgIpc) is 3.77. The van der Waals surface area contributed by atoms with Crippen LogP contribution in [0.2, 0.25) is 0 Å². The maximum Gasteiger partial charge on any atom is 0.238 e. The van der Waals surface area contributed by atoms with Crippen LogP contribution in [0.1, 0.15) is 11.3 Å². The molecular formula is C52H37N5. The van der Waals surface area contributed by atoms with Gasteiger partial charge in [-0.25, -0.2) is 4.98 Å². The lowest BCUT2D eigenvalue weighted by Crippen LogP contribution is -2.06. The molecule has 0 radical (unpaired) electrons. The van der Waals surface area contributed by atoms with Gasteiger partial charge in [0.1, 0.15) is 0 Å². The van der Waals surface area contributed by atoms with Crippen molar-refractivity contribution >= 4 is 38.8 Å². The van der Waals surface area contributed by atoms with E-state index in [0.717, 1.165) is 61.0 Å². The van der Waals surface area contributed by atoms with E-state index in [-0.39, 0.29) is 0 Å². The molecule has 0 aliphatic heterocycles. The SMILES string of the molecule is C=C/C=C\c1c(C)c2c3c4ccccc4n(-c4nc(-c5ccccc5)nc(-c5ccc(-c6ccccc6)cc5)n4)c3ccc2n1-c1cccc(-c2ccccc2)c1. The molecule has 0 aliphatic carbocycles. The third kappa shape index (κ3) is 5.94. The molecule has 10 rings (SSSR count). The number of allylic oxidation sites excluding steroid dienone is 2. The quantitative estimate of drug-likeness (QED) is 0.146. The van der Waals surface area contributed by atoms with Crippen molar-refractivity contribution in [3.63, 3.8) is 0 Å². The first kappa shape index (κ1) is 33.9. The maximum absolute atomic E-state index is 5.24. The summed E-state index contributed by atoms with van der Waals surface area (Å²) in [5, 5.41) is 3.47. The zero-order valence-electron chi connectivity index (χ0n) is 31.4. The van der Waals surface area contributed by atoms with E-state index in [4.69, 9.17) is 15.0 Å². The molecule has 7 aromatic carbocycles. The molecule has 0 saturated carbocycles. The summed E-state index contributed by atoms with van der Waals surface area (Å²) in [5.74, 6) is 1.80. The van der Waals surface area contributed by atoms with Crippen molar-refractivity contribution in [2.24, 2.45) is 0 Å². The second-order valence-electron chi connectivity index (χ2n) is 14.2. The molecule has 0 atom stereocenters. The highest BCUT2D eigenvalue weighted by atomic mass is 15.2. The summed E-state index contributed by atoms with van der Waals surface area (Å²) in [4.78, 5) is 15.5. The van der Waals surface area contributed by atoms with E-state index in [1.807, 2.05) is 48.6 Å². The predicted molar refractivity (Wildman–Crippen MR) is 237 cm³/mol. The molecule has 0 bridgehead atoms. The molecule has 0 aliphatic rings. The molecule has 0 fully saturated rings. The van der Waals surface area contributed by atoms with Crippen molar-refractivity contribution in [3.8, 4) is 56.7 Å².